The standard InChI is InChI=1S/C18H15B2F/c19-15-7-5-13(6-8-15)12-1-3-14(4-2-12)17-10-9-16(20)11-18(17)21/h1-11H,19-20H2. The minimum absolute atomic E-state index is 0.168. The van der Waals surface area contributed by atoms with Crippen molar-refractivity contribution in [1.29, 1.82) is 0 Å². The Morgan fingerprint density at radius 2 is 1.05 bits per heavy atom. The smallest absolute Gasteiger partial charge is 0.139 e. The fourth-order valence-corrected chi connectivity index (χ4v) is 2.44. The van der Waals surface area contributed by atoms with Gasteiger partial charge in [0.25, 0.3) is 0 Å². The monoisotopic (exact) mass is 272 g/mol. The number of hydrogen-bond donors (Lipinski definition) is 0. The van der Waals surface area contributed by atoms with Crippen molar-refractivity contribution >= 4 is 26.6 Å². The van der Waals surface area contributed by atoms with Crippen LogP contribution in [0.2, 0.25) is 0 Å². The van der Waals surface area contributed by atoms with Gasteiger partial charge in [-0.3, -0.25) is 0 Å². The van der Waals surface area contributed by atoms with Crippen LogP contribution < -0.4 is 10.9 Å². The van der Waals surface area contributed by atoms with Gasteiger partial charge in [-0.15, -0.1) is 0 Å². The fraction of sp³-hybridized carbons (Fsp3) is 0. The molecule has 0 amide bonds. The van der Waals surface area contributed by atoms with E-state index >= 15 is 0 Å². The highest BCUT2D eigenvalue weighted by molar-refractivity contribution is 6.32. The zero-order valence-corrected chi connectivity index (χ0v) is 12.2. The lowest BCUT2D eigenvalue weighted by atomic mass is 9.92. The molecule has 0 aromatic heterocycles. The zero-order chi connectivity index (χ0) is 14.8. The van der Waals surface area contributed by atoms with Gasteiger partial charge in [0.05, 0.1) is 0 Å². The van der Waals surface area contributed by atoms with Crippen LogP contribution in [0.4, 0.5) is 4.39 Å². The van der Waals surface area contributed by atoms with Gasteiger partial charge in [-0.05, 0) is 22.8 Å². The second-order valence-electron chi connectivity index (χ2n) is 5.43. The lowest BCUT2D eigenvalue weighted by molar-refractivity contribution is 0.632. The molecule has 0 heterocycles. The maximum absolute atomic E-state index is 14.0. The fourth-order valence-electron chi connectivity index (χ4n) is 2.44. The molecule has 3 heteroatoms. The van der Waals surface area contributed by atoms with E-state index in [1.54, 1.807) is 6.07 Å². The lowest BCUT2D eigenvalue weighted by Crippen LogP contribution is -2.02. The molecule has 0 aliphatic carbocycles. The summed E-state index contributed by atoms with van der Waals surface area (Å²) in [5.41, 5.74) is 6.06. The molecule has 3 rings (SSSR count). The predicted molar refractivity (Wildman–Crippen MR) is 93.6 cm³/mol. The average molecular weight is 272 g/mol. The predicted octanol–water partition coefficient (Wildman–Crippen LogP) is 1.68. The molecule has 0 nitrogen and oxygen atoms in total. The van der Waals surface area contributed by atoms with Crippen LogP contribution in [0.3, 0.4) is 0 Å². The van der Waals surface area contributed by atoms with Crippen molar-refractivity contribution in [2.24, 2.45) is 0 Å². The van der Waals surface area contributed by atoms with E-state index in [9.17, 15) is 4.39 Å². The Morgan fingerprint density at radius 1 is 0.571 bits per heavy atom. The van der Waals surface area contributed by atoms with Crippen molar-refractivity contribution < 1.29 is 4.39 Å². The van der Waals surface area contributed by atoms with Crippen LogP contribution in [0.5, 0.6) is 0 Å². The highest BCUT2D eigenvalue weighted by Crippen LogP contribution is 2.25. The van der Waals surface area contributed by atoms with E-state index < -0.39 is 0 Å². The van der Waals surface area contributed by atoms with Crippen LogP contribution in [-0.2, 0) is 0 Å². The van der Waals surface area contributed by atoms with E-state index in [0.717, 1.165) is 16.6 Å². The van der Waals surface area contributed by atoms with Crippen molar-refractivity contribution in [3.63, 3.8) is 0 Å². The molecular formula is C18H15B2F. The minimum Gasteiger partial charge on any atom is -0.206 e. The molecular weight excluding hydrogens is 257 g/mol. The Bertz CT molecular complexity index is 762. The number of rotatable bonds is 2. The minimum atomic E-state index is -0.168. The molecule has 0 fully saturated rings. The van der Waals surface area contributed by atoms with Crippen molar-refractivity contribution in [2.45, 2.75) is 0 Å². The van der Waals surface area contributed by atoms with Crippen molar-refractivity contribution in [3.8, 4) is 22.3 Å². The van der Waals surface area contributed by atoms with Gasteiger partial charge in [-0.2, -0.15) is 0 Å². The van der Waals surface area contributed by atoms with Crippen molar-refractivity contribution in [1.82, 2.24) is 0 Å². The first-order chi connectivity index (χ1) is 10.1. The molecule has 0 unspecified atom stereocenters. The molecule has 0 spiro atoms. The van der Waals surface area contributed by atoms with E-state index in [1.165, 1.54) is 11.0 Å². The van der Waals surface area contributed by atoms with Gasteiger partial charge < -0.3 is 0 Å². The van der Waals surface area contributed by atoms with E-state index in [1.807, 2.05) is 44.2 Å². The highest BCUT2D eigenvalue weighted by Gasteiger charge is 2.05. The van der Waals surface area contributed by atoms with Gasteiger partial charge in [0.2, 0.25) is 0 Å². The van der Waals surface area contributed by atoms with Gasteiger partial charge in [0, 0.05) is 5.56 Å². The number of benzene rings is 3. The van der Waals surface area contributed by atoms with Crippen LogP contribution in [-0.4, -0.2) is 15.7 Å². The van der Waals surface area contributed by atoms with Crippen LogP contribution in [0.25, 0.3) is 22.3 Å². The topological polar surface area (TPSA) is 0 Å². The molecule has 0 saturated heterocycles. The normalized spacial score (nSPS) is 10.5. The molecule has 0 saturated carbocycles. The maximum Gasteiger partial charge on any atom is 0.139 e. The molecule has 3 aromatic carbocycles. The molecule has 100 valence electrons. The second-order valence-corrected chi connectivity index (χ2v) is 5.43. The van der Waals surface area contributed by atoms with E-state index in [-0.39, 0.29) is 5.82 Å². The maximum atomic E-state index is 14.0. The molecule has 0 radical (unpaired) electrons. The van der Waals surface area contributed by atoms with Crippen molar-refractivity contribution in [3.05, 3.63) is 72.5 Å². The average Bonchev–Trinajstić information content (AvgIpc) is 2.48. The first-order valence-electron chi connectivity index (χ1n) is 7.07. The Labute approximate surface area is 126 Å². The third-order valence-electron chi connectivity index (χ3n) is 3.71. The summed E-state index contributed by atoms with van der Waals surface area (Å²) in [6.45, 7) is 0. The third kappa shape index (κ3) is 2.92. The van der Waals surface area contributed by atoms with E-state index in [2.05, 4.69) is 32.1 Å². The Morgan fingerprint density at radius 3 is 1.62 bits per heavy atom. The summed E-state index contributed by atoms with van der Waals surface area (Å²) in [5.74, 6) is -0.168. The van der Waals surface area contributed by atoms with E-state index in [0.29, 0.717) is 5.56 Å². The van der Waals surface area contributed by atoms with Crippen LogP contribution in [0.15, 0.2) is 66.7 Å². The SMILES string of the molecule is Bc1ccc(-c2ccc(-c3ccc(B)cc3F)cc2)cc1. The molecule has 0 aliphatic rings. The van der Waals surface area contributed by atoms with Gasteiger partial charge in [0.15, 0.2) is 0 Å². The summed E-state index contributed by atoms with van der Waals surface area (Å²) in [7, 11) is 3.97. The molecule has 0 bridgehead atoms. The Balaban J connectivity index is 1.95. The third-order valence-corrected chi connectivity index (χ3v) is 3.71. The molecule has 0 atom stereocenters. The van der Waals surface area contributed by atoms with E-state index in [4.69, 9.17) is 0 Å². The van der Waals surface area contributed by atoms with Gasteiger partial charge in [-0.25, -0.2) is 4.39 Å². The summed E-state index contributed by atoms with van der Waals surface area (Å²) in [6, 6.07) is 21.8. The first kappa shape index (κ1) is 13.7. The van der Waals surface area contributed by atoms with Gasteiger partial charge >= 0.3 is 0 Å². The van der Waals surface area contributed by atoms with Crippen LogP contribution in [0.1, 0.15) is 0 Å². The number of halogens is 1. The summed E-state index contributed by atoms with van der Waals surface area (Å²) < 4.78 is 14.0. The highest BCUT2D eigenvalue weighted by atomic mass is 19.1. The lowest BCUT2D eigenvalue weighted by Gasteiger charge is -2.07. The second kappa shape index (κ2) is 5.61. The largest absolute Gasteiger partial charge is 0.206 e. The summed E-state index contributed by atoms with van der Waals surface area (Å²) >= 11 is 0. The first-order valence-corrected chi connectivity index (χ1v) is 7.07. The van der Waals surface area contributed by atoms with Crippen LogP contribution in [0, 0.1) is 5.82 Å². The molecule has 0 aliphatic heterocycles. The number of hydrogen-bond acceptors (Lipinski definition) is 0. The Hall–Kier alpha value is -2.28. The summed E-state index contributed by atoms with van der Waals surface area (Å²) in [5, 5.41) is 0. The molecule has 3 aromatic rings. The van der Waals surface area contributed by atoms with Crippen molar-refractivity contribution in [2.75, 3.05) is 0 Å². The van der Waals surface area contributed by atoms with Crippen LogP contribution >= 0.6 is 0 Å². The zero-order valence-electron chi connectivity index (χ0n) is 12.2. The molecule has 21 heavy (non-hydrogen) atoms. The van der Waals surface area contributed by atoms with Gasteiger partial charge in [-0.1, -0.05) is 71.6 Å². The molecule has 0 N–H and O–H groups in total. The summed E-state index contributed by atoms with van der Waals surface area (Å²) in [4.78, 5) is 0. The van der Waals surface area contributed by atoms with Gasteiger partial charge in [0.1, 0.15) is 21.5 Å². The Kier molecular flexibility index (Phi) is 3.66. The quantitative estimate of drug-likeness (QED) is 0.622. The summed E-state index contributed by atoms with van der Waals surface area (Å²) in [6.07, 6.45) is 0.